The molecule has 0 N–H and O–H groups in total. The quantitative estimate of drug-likeness (QED) is 0.826. The Bertz CT molecular complexity index is 810. The Labute approximate surface area is 160 Å². The highest BCUT2D eigenvalue weighted by Gasteiger charge is 2.29. The predicted molar refractivity (Wildman–Crippen MR) is 103 cm³/mol. The fourth-order valence-electron chi connectivity index (χ4n) is 4.12. The van der Waals surface area contributed by atoms with Crippen molar-refractivity contribution in [2.75, 3.05) is 46.4 Å². The molecule has 1 aromatic carbocycles. The molecular weight excluding hydrogens is 344 g/mol. The Hall–Kier alpha value is -2.05. The summed E-state index contributed by atoms with van der Waals surface area (Å²) >= 11 is 0. The Kier molecular flexibility index (Phi) is 5.36. The molecule has 0 radical (unpaired) electrons. The second kappa shape index (κ2) is 7.90. The molecule has 146 valence electrons. The smallest absolute Gasteiger partial charge is 0.289 e. The summed E-state index contributed by atoms with van der Waals surface area (Å²) in [5.74, 6) is 1.11. The van der Waals surface area contributed by atoms with Gasteiger partial charge in [-0.2, -0.15) is 0 Å². The highest BCUT2D eigenvalue weighted by Crippen LogP contribution is 2.29. The number of furan rings is 1. The van der Waals surface area contributed by atoms with E-state index in [0.717, 1.165) is 42.8 Å². The van der Waals surface area contributed by atoms with Crippen LogP contribution in [0.2, 0.25) is 0 Å². The molecule has 1 amide bonds. The van der Waals surface area contributed by atoms with Crippen LogP contribution in [0.4, 0.5) is 0 Å². The normalized spacial score (nSPS) is 21.6. The lowest BCUT2D eigenvalue weighted by atomic mass is 10.1. The van der Waals surface area contributed by atoms with Gasteiger partial charge in [-0.3, -0.25) is 4.79 Å². The number of carbonyl (C=O) groups excluding carboxylic acids is 1. The van der Waals surface area contributed by atoms with Crippen LogP contribution >= 0.6 is 0 Å². The van der Waals surface area contributed by atoms with Gasteiger partial charge in [0.05, 0.1) is 13.2 Å². The van der Waals surface area contributed by atoms with Crippen LogP contribution in [0.15, 0.2) is 22.6 Å². The largest absolute Gasteiger partial charge is 0.497 e. The fourth-order valence-corrected chi connectivity index (χ4v) is 4.12. The van der Waals surface area contributed by atoms with Crippen molar-refractivity contribution in [1.29, 1.82) is 0 Å². The maximum Gasteiger partial charge on any atom is 0.289 e. The predicted octanol–water partition coefficient (Wildman–Crippen LogP) is 3.08. The average Bonchev–Trinajstić information content (AvgIpc) is 3.23. The molecule has 6 heteroatoms. The van der Waals surface area contributed by atoms with Crippen molar-refractivity contribution in [2.45, 2.75) is 32.3 Å². The molecular formula is C21H28N2O4. The van der Waals surface area contributed by atoms with Crippen LogP contribution in [0.5, 0.6) is 5.75 Å². The molecule has 6 nitrogen and oxygen atoms in total. The van der Waals surface area contributed by atoms with Crippen molar-refractivity contribution in [3.63, 3.8) is 0 Å². The molecule has 2 aromatic rings. The minimum Gasteiger partial charge on any atom is -0.497 e. The maximum absolute atomic E-state index is 13.2. The molecule has 2 fully saturated rings. The van der Waals surface area contributed by atoms with Crippen molar-refractivity contribution in [3.05, 3.63) is 29.5 Å². The summed E-state index contributed by atoms with van der Waals surface area (Å²) in [6, 6.07) is 5.68. The number of fused-ring (bicyclic) bond motifs is 1. The molecule has 1 atom stereocenters. The lowest BCUT2D eigenvalue weighted by molar-refractivity contribution is 0.0291. The van der Waals surface area contributed by atoms with Crippen LogP contribution in [0, 0.1) is 6.92 Å². The summed E-state index contributed by atoms with van der Waals surface area (Å²) in [6.07, 6.45) is 3.45. The first-order valence-corrected chi connectivity index (χ1v) is 9.86. The van der Waals surface area contributed by atoms with Gasteiger partial charge in [0, 0.05) is 43.3 Å². The van der Waals surface area contributed by atoms with Gasteiger partial charge in [-0.05, 0) is 51.4 Å². The van der Waals surface area contributed by atoms with Crippen LogP contribution in [0.1, 0.15) is 35.4 Å². The van der Waals surface area contributed by atoms with E-state index in [9.17, 15) is 4.79 Å². The van der Waals surface area contributed by atoms with Crippen LogP contribution in [-0.4, -0.2) is 68.3 Å². The molecule has 0 saturated carbocycles. The van der Waals surface area contributed by atoms with Crippen molar-refractivity contribution in [2.24, 2.45) is 0 Å². The number of nitrogens with zero attached hydrogens (tertiary/aromatic N) is 2. The van der Waals surface area contributed by atoms with Gasteiger partial charge in [0.15, 0.2) is 5.76 Å². The minimum absolute atomic E-state index is 0.0420. The van der Waals surface area contributed by atoms with E-state index in [1.54, 1.807) is 7.11 Å². The van der Waals surface area contributed by atoms with Gasteiger partial charge < -0.3 is 23.7 Å². The average molecular weight is 372 g/mol. The van der Waals surface area contributed by atoms with Crippen LogP contribution in [0.3, 0.4) is 0 Å². The zero-order valence-corrected chi connectivity index (χ0v) is 16.2. The molecule has 1 aromatic heterocycles. The highest BCUT2D eigenvalue weighted by atomic mass is 16.5. The van der Waals surface area contributed by atoms with Crippen molar-refractivity contribution < 1.29 is 18.7 Å². The molecule has 2 aliphatic heterocycles. The number of aryl methyl sites for hydroxylation is 1. The number of hydrogen-bond acceptors (Lipinski definition) is 5. The Balaban J connectivity index is 1.53. The minimum atomic E-state index is -0.0420. The number of likely N-dealkylation sites (tertiary alicyclic amines) is 1. The fraction of sp³-hybridized carbons (Fsp3) is 0.571. The van der Waals surface area contributed by atoms with E-state index in [2.05, 4.69) is 4.90 Å². The number of methoxy groups -OCH3 is 1. The summed E-state index contributed by atoms with van der Waals surface area (Å²) in [7, 11) is 1.63. The number of carbonyl (C=O) groups is 1. The van der Waals surface area contributed by atoms with Crippen molar-refractivity contribution in [1.82, 2.24) is 9.80 Å². The SMILES string of the molecule is COc1ccc2c(C)c(C(=O)N3CCCO[C@@H](CN4CCCC4)C3)oc2c1. The second-order valence-electron chi connectivity index (χ2n) is 7.52. The van der Waals surface area contributed by atoms with Crippen LogP contribution < -0.4 is 4.74 Å². The van der Waals surface area contributed by atoms with Gasteiger partial charge >= 0.3 is 0 Å². The second-order valence-corrected chi connectivity index (χ2v) is 7.52. The lowest BCUT2D eigenvalue weighted by Gasteiger charge is -2.26. The Morgan fingerprint density at radius 2 is 2.04 bits per heavy atom. The van der Waals surface area contributed by atoms with Gasteiger partial charge in [0.2, 0.25) is 0 Å². The third kappa shape index (κ3) is 3.82. The van der Waals surface area contributed by atoms with E-state index in [-0.39, 0.29) is 12.0 Å². The van der Waals surface area contributed by atoms with Gasteiger partial charge in [0.25, 0.3) is 5.91 Å². The first-order valence-electron chi connectivity index (χ1n) is 9.86. The number of benzene rings is 1. The number of hydrogen-bond donors (Lipinski definition) is 0. The van der Waals surface area contributed by atoms with E-state index in [0.29, 0.717) is 31.0 Å². The van der Waals surface area contributed by atoms with E-state index < -0.39 is 0 Å². The first kappa shape index (κ1) is 18.3. The molecule has 3 heterocycles. The third-order valence-corrected chi connectivity index (χ3v) is 5.64. The third-order valence-electron chi connectivity index (χ3n) is 5.64. The van der Waals surface area contributed by atoms with Crippen LogP contribution in [-0.2, 0) is 4.74 Å². The Morgan fingerprint density at radius 1 is 1.22 bits per heavy atom. The summed E-state index contributed by atoms with van der Waals surface area (Å²) in [6.45, 7) is 7.15. The summed E-state index contributed by atoms with van der Waals surface area (Å²) < 4.78 is 17.2. The van der Waals surface area contributed by atoms with Crippen LogP contribution in [0.25, 0.3) is 11.0 Å². The van der Waals surface area contributed by atoms with E-state index in [1.807, 2.05) is 30.0 Å². The lowest BCUT2D eigenvalue weighted by Crippen LogP contribution is -2.41. The number of ether oxygens (including phenoxy) is 2. The van der Waals surface area contributed by atoms with E-state index in [1.165, 1.54) is 12.8 Å². The van der Waals surface area contributed by atoms with Gasteiger partial charge in [-0.15, -0.1) is 0 Å². The molecule has 0 bridgehead atoms. The first-order chi connectivity index (χ1) is 13.2. The highest BCUT2D eigenvalue weighted by molar-refractivity contribution is 5.99. The molecule has 27 heavy (non-hydrogen) atoms. The topological polar surface area (TPSA) is 55.1 Å². The number of rotatable bonds is 4. The molecule has 0 aliphatic carbocycles. The zero-order chi connectivity index (χ0) is 18.8. The summed E-state index contributed by atoms with van der Waals surface area (Å²) in [4.78, 5) is 17.6. The molecule has 0 unspecified atom stereocenters. The zero-order valence-electron chi connectivity index (χ0n) is 16.2. The molecule has 4 rings (SSSR count). The van der Waals surface area contributed by atoms with Crippen molar-refractivity contribution >= 4 is 16.9 Å². The monoisotopic (exact) mass is 372 g/mol. The molecule has 0 spiro atoms. The van der Waals surface area contributed by atoms with E-state index >= 15 is 0 Å². The Morgan fingerprint density at radius 3 is 2.81 bits per heavy atom. The summed E-state index contributed by atoms with van der Waals surface area (Å²) in [5, 5.41) is 0.957. The molecule has 2 saturated heterocycles. The van der Waals surface area contributed by atoms with E-state index in [4.69, 9.17) is 13.9 Å². The molecule has 2 aliphatic rings. The summed E-state index contributed by atoms with van der Waals surface area (Å²) in [5.41, 5.74) is 1.58. The van der Waals surface area contributed by atoms with Gasteiger partial charge in [-0.1, -0.05) is 0 Å². The van der Waals surface area contributed by atoms with Gasteiger partial charge in [0.1, 0.15) is 11.3 Å². The van der Waals surface area contributed by atoms with Gasteiger partial charge in [-0.25, -0.2) is 0 Å². The standard InChI is InChI=1S/C21H28N2O4/c1-15-18-7-6-16(25-2)12-19(18)27-20(15)21(24)23-10-5-11-26-17(14-23)13-22-8-3-4-9-22/h6-7,12,17H,3-5,8-11,13-14H2,1-2H3/t17-/m0/s1. The maximum atomic E-state index is 13.2. The number of amides is 1. The van der Waals surface area contributed by atoms with Crippen molar-refractivity contribution in [3.8, 4) is 5.75 Å².